The minimum atomic E-state index is -3.56. The number of nitrogens with zero attached hydrogens (tertiary/aromatic N) is 4. The Hall–Kier alpha value is -2.98. The van der Waals surface area contributed by atoms with E-state index in [-0.39, 0.29) is 11.4 Å². The molecule has 0 amide bonds. The van der Waals surface area contributed by atoms with Gasteiger partial charge < -0.3 is 15.2 Å². The Balaban J connectivity index is 1.47. The second kappa shape index (κ2) is 10.9. The third-order valence-corrected chi connectivity index (χ3v) is 6.10. The van der Waals surface area contributed by atoms with E-state index in [4.69, 9.17) is 0 Å². The van der Waals surface area contributed by atoms with Gasteiger partial charge in [-0.25, -0.2) is 18.1 Å². The molecule has 2 aromatic heterocycles. The van der Waals surface area contributed by atoms with E-state index in [1.54, 1.807) is 6.07 Å². The van der Waals surface area contributed by atoms with Crippen molar-refractivity contribution in [2.45, 2.75) is 31.7 Å². The van der Waals surface area contributed by atoms with Crippen molar-refractivity contribution in [3.8, 4) is 0 Å². The Kier molecular flexibility index (Phi) is 7.96. The molecular formula is C21H29N7O2S. The maximum Gasteiger partial charge on any atom is 0.242 e. The topological polar surface area (TPSA) is 113 Å². The Labute approximate surface area is 183 Å². The summed E-state index contributed by atoms with van der Waals surface area (Å²) in [7, 11) is -3.56. The first kappa shape index (κ1) is 22.7. The number of nitrogens with one attached hydrogen (secondary N) is 3. The number of aromatic nitrogens is 3. The molecule has 0 atom stereocenters. The highest BCUT2D eigenvalue weighted by Crippen LogP contribution is 2.15. The molecule has 3 rings (SSSR count). The van der Waals surface area contributed by atoms with Gasteiger partial charge in [0.1, 0.15) is 10.7 Å². The van der Waals surface area contributed by atoms with Gasteiger partial charge in [0.2, 0.25) is 10.0 Å². The van der Waals surface area contributed by atoms with Crippen LogP contribution in [0.5, 0.6) is 0 Å². The number of aryl methyl sites for hydroxylation is 2. The Morgan fingerprint density at radius 2 is 1.97 bits per heavy atom. The molecule has 1 aromatic carbocycles. The number of para-hydroxylation sites is 2. The summed E-state index contributed by atoms with van der Waals surface area (Å²) in [4.78, 5) is 13.2. The van der Waals surface area contributed by atoms with Crippen LogP contribution in [0.3, 0.4) is 0 Å². The molecule has 0 unspecified atom stereocenters. The summed E-state index contributed by atoms with van der Waals surface area (Å²) < 4.78 is 29.2. The predicted molar refractivity (Wildman–Crippen MR) is 122 cm³/mol. The third-order valence-electron chi connectivity index (χ3n) is 4.65. The molecule has 0 saturated carbocycles. The normalized spacial score (nSPS) is 12.3. The largest absolute Gasteiger partial charge is 0.357 e. The van der Waals surface area contributed by atoms with E-state index >= 15 is 0 Å². The smallest absolute Gasteiger partial charge is 0.242 e. The molecule has 3 N–H and O–H groups in total. The minimum absolute atomic E-state index is 0.151. The van der Waals surface area contributed by atoms with Gasteiger partial charge >= 0.3 is 0 Å². The Morgan fingerprint density at radius 1 is 1.13 bits per heavy atom. The van der Waals surface area contributed by atoms with Gasteiger partial charge in [0.15, 0.2) is 5.96 Å². The van der Waals surface area contributed by atoms with Crippen molar-refractivity contribution >= 4 is 27.0 Å². The third kappa shape index (κ3) is 6.25. The van der Waals surface area contributed by atoms with Crippen LogP contribution in [0.1, 0.15) is 19.2 Å². The lowest BCUT2D eigenvalue weighted by molar-refractivity contribution is 0.580. The van der Waals surface area contributed by atoms with E-state index in [1.165, 1.54) is 18.5 Å². The number of sulfonamides is 1. The van der Waals surface area contributed by atoms with Crippen LogP contribution in [0.4, 0.5) is 0 Å². The minimum Gasteiger partial charge on any atom is -0.357 e. The molecule has 2 heterocycles. The van der Waals surface area contributed by atoms with E-state index in [1.807, 2.05) is 32.0 Å². The number of hydrogen-bond donors (Lipinski definition) is 3. The maximum atomic E-state index is 12.2. The first-order valence-electron chi connectivity index (χ1n) is 10.3. The van der Waals surface area contributed by atoms with E-state index in [2.05, 4.69) is 40.9 Å². The molecule has 0 bridgehead atoms. The summed E-state index contributed by atoms with van der Waals surface area (Å²) in [5.41, 5.74) is 2.14. The molecule has 0 aliphatic rings. The van der Waals surface area contributed by atoms with Crippen molar-refractivity contribution in [3.63, 3.8) is 0 Å². The standard InChI is InChI=1S/C21H29N7O2S/c1-3-23-21(25-13-14-26-31(29,30)18-8-6-11-22-16-18)24-12-7-15-28-17(2)27-19-9-4-5-10-20(19)28/h4-6,8-11,16,26H,3,7,12-15H2,1-2H3,(H2,23,24,25). The first-order valence-corrected chi connectivity index (χ1v) is 11.8. The lowest BCUT2D eigenvalue weighted by atomic mass is 10.3. The fraction of sp³-hybridized carbons (Fsp3) is 0.381. The van der Waals surface area contributed by atoms with Crippen molar-refractivity contribution in [2.24, 2.45) is 4.99 Å². The zero-order valence-corrected chi connectivity index (χ0v) is 18.7. The molecule has 31 heavy (non-hydrogen) atoms. The van der Waals surface area contributed by atoms with Crippen LogP contribution in [0.2, 0.25) is 0 Å². The lowest BCUT2D eigenvalue weighted by Gasteiger charge is -2.12. The number of imidazole rings is 1. The molecule has 9 nitrogen and oxygen atoms in total. The van der Waals surface area contributed by atoms with E-state index in [0.717, 1.165) is 36.4 Å². The molecule has 10 heteroatoms. The number of pyridine rings is 1. The summed E-state index contributed by atoms with van der Waals surface area (Å²) in [5.74, 6) is 1.66. The SMILES string of the molecule is CCNC(=NCCCn1c(C)nc2ccccc21)NCCNS(=O)(=O)c1cccnc1. The number of rotatable bonds is 10. The molecule has 0 aliphatic carbocycles. The molecule has 0 saturated heterocycles. The van der Waals surface area contributed by atoms with Gasteiger partial charge in [-0.05, 0) is 44.5 Å². The van der Waals surface area contributed by atoms with Crippen molar-refractivity contribution in [1.29, 1.82) is 0 Å². The van der Waals surface area contributed by atoms with Crippen LogP contribution in [0.25, 0.3) is 11.0 Å². The van der Waals surface area contributed by atoms with Crippen LogP contribution >= 0.6 is 0 Å². The number of fused-ring (bicyclic) bond motifs is 1. The predicted octanol–water partition coefficient (Wildman–Crippen LogP) is 1.66. The van der Waals surface area contributed by atoms with Crippen molar-refractivity contribution in [3.05, 3.63) is 54.6 Å². The molecule has 166 valence electrons. The molecule has 3 aromatic rings. The summed E-state index contributed by atoms with van der Waals surface area (Å²) in [6.45, 7) is 6.85. The fourth-order valence-corrected chi connectivity index (χ4v) is 4.19. The monoisotopic (exact) mass is 443 g/mol. The van der Waals surface area contributed by atoms with Gasteiger partial charge in [-0.3, -0.25) is 9.98 Å². The summed E-state index contributed by atoms with van der Waals surface area (Å²) in [5, 5.41) is 6.34. The van der Waals surface area contributed by atoms with Crippen LogP contribution in [-0.4, -0.2) is 55.1 Å². The molecule has 0 radical (unpaired) electrons. The van der Waals surface area contributed by atoms with Gasteiger partial charge in [-0.15, -0.1) is 0 Å². The van der Waals surface area contributed by atoms with Crippen LogP contribution in [-0.2, 0) is 16.6 Å². The fourth-order valence-electron chi connectivity index (χ4n) is 3.20. The Bertz CT molecular complexity index is 1110. The summed E-state index contributed by atoms with van der Waals surface area (Å²) in [6.07, 6.45) is 3.73. The zero-order chi connectivity index (χ0) is 22.1. The van der Waals surface area contributed by atoms with Gasteiger partial charge in [0, 0.05) is 45.1 Å². The van der Waals surface area contributed by atoms with Gasteiger partial charge in [0.25, 0.3) is 0 Å². The van der Waals surface area contributed by atoms with Crippen molar-refractivity contribution in [2.75, 3.05) is 26.2 Å². The highest BCUT2D eigenvalue weighted by atomic mass is 32.2. The first-order chi connectivity index (χ1) is 15.0. The molecule has 0 fully saturated rings. The lowest BCUT2D eigenvalue weighted by Crippen LogP contribution is -2.41. The van der Waals surface area contributed by atoms with Gasteiger partial charge in [-0.2, -0.15) is 0 Å². The molecule has 0 spiro atoms. The molecular weight excluding hydrogens is 414 g/mol. The van der Waals surface area contributed by atoms with Crippen molar-refractivity contribution in [1.82, 2.24) is 29.9 Å². The maximum absolute atomic E-state index is 12.2. The van der Waals surface area contributed by atoms with E-state index in [0.29, 0.717) is 19.0 Å². The summed E-state index contributed by atoms with van der Waals surface area (Å²) in [6, 6.07) is 11.2. The quantitative estimate of drug-likeness (QED) is 0.250. The average molecular weight is 444 g/mol. The summed E-state index contributed by atoms with van der Waals surface area (Å²) >= 11 is 0. The van der Waals surface area contributed by atoms with Crippen LogP contribution in [0.15, 0.2) is 58.7 Å². The van der Waals surface area contributed by atoms with Crippen molar-refractivity contribution < 1.29 is 8.42 Å². The van der Waals surface area contributed by atoms with Crippen LogP contribution in [0, 0.1) is 6.92 Å². The zero-order valence-electron chi connectivity index (χ0n) is 17.9. The number of aliphatic imine (C=N–C) groups is 1. The number of benzene rings is 1. The van der Waals surface area contributed by atoms with Gasteiger partial charge in [-0.1, -0.05) is 12.1 Å². The number of guanidine groups is 1. The highest BCUT2D eigenvalue weighted by Gasteiger charge is 2.12. The highest BCUT2D eigenvalue weighted by molar-refractivity contribution is 7.89. The molecule has 0 aliphatic heterocycles. The van der Waals surface area contributed by atoms with E-state index < -0.39 is 10.0 Å². The second-order valence-corrected chi connectivity index (χ2v) is 8.69. The second-order valence-electron chi connectivity index (χ2n) is 6.93. The Morgan fingerprint density at radius 3 is 2.74 bits per heavy atom. The van der Waals surface area contributed by atoms with E-state index in [9.17, 15) is 8.42 Å². The average Bonchev–Trinajstić information content (AvgIpc) is 3.09. The number of hydrogen-bond acceptors (Lipinski definition) is 5. The van der Waals surface area contributed by atoms with Gasteiger partial charge in [0.05, 0.1) is 11.0 Å². The van der Waals surface area contributed by atoms with Crippen LogP contribution < -0.4 is 15.4 Å².